The second kappa shape index (κ2) is 11.3. The summed E-state index contributed by atoms with van der Waals surface area (Å²) in [4.78, 5) is 59.7. The van der Waals surface area contributed by atoms with Crippen LogP contribution in [-0.2, 0) is 24.0 Å². The highest BCUT2D eigenvalue weighted by atomic mass is 16.3. The molecule has 1 aliphatic heterocycles. The van der Waals surface area contributed by atoms with Crippen molar-refractivity contribution in [1.82, 2.24) is 20.9 Å². The zero-order valence-corrected chi connectivity index (χ0v) is 15.7. The van der Waals surface area contributed by atoms with Crippen LogP contribution in [0.4, 0.5) is 0 Å². The van der Waals surface area contributed by atoms with Crippen molar-refractivity contribution < 1.29 is 29.1 Å². The predicted molar refractivity (Wildman–Crippen MR) is 95.3 cm³/mol. The topological polar surface area (TPSA) is 145 Å². The summed E-state index contributed by atoms with van der Waals surface area (Å²) in [6.45, 7) is 3.09. The molecule has 1 saturated heterocycles. The molecular formula is C17H28N4O6. The second-order valence-electron chi connectivity index (χ2n) is 6.69. The molecule has 1 aliphatic rings. The number of hydrogen-bond acceptors (Lipinski definition) is 6. The lowest BCUT2D eigenvalue weighted by atomic mass is 10.0. The van der Waals surface area contributed by atoms with Crippen molar-refractivity contribution in [2.24, 2.45) is 5.92 Å². The number of amides is 4. The monoisotopic (exact) mass is 384 g/mol. The Labute approximate surface area is 158 Å². The molecule has 4 N–H and O–H groups in total. The highest BCUT2D eigenvalue weighted by molar-refractivity contribution is 5.91. The Balaban J connectivity index is 2.62. The molecule has 0 radical (unpaired) electrons. The predicted octanol–water partition coefficient (Wildman–Crippen LogP) is -2.07. The van der Waals surface area contributed by atoms with Gasteiger partial charge < -0.3 is 30.8 Å². The van der Waals surface area contributed by atoms with Gasteiger partial charge in [0.05, 0.1) is 25.7 Å². The van der Waals surface area contributed by atoms with E-state index in [1.807, 2.05) is 0 Å². The maximum atomic E-state index is 12.3. The Kier molecular flexibility index (Phi) is 9.41. The lowest BCUT2D eigenvalue weighted by molar-refractivity contribution is -0.136. The van der Waals surface area contributed by atoms with Crippen LogP contribution in [0.5, 0.6) is 0 Å². The van der Waals surface area contributed by atoms with Crippen LogP contribution in [0.15, 0.2) is 0 Å². The van der Waals surface area contributed by atoms with Gasteiger partial charge in [-0.25, -0.2) is 0 Å². The molecular weight excluding hydrogens is 356 g/mol. The van der Waals surface area contributed by atoms with Gasteiger partial charge in [-0.05, 0) is 12.3 Å². The first-order valence-corrected chi connectivity index (χ1v) is 8.97. The molecule has 0 aromatic carbocycles. The summed E-state index contributed by atoms with van der Waals surface area (Å²) in [6, 6.07) is -1.13. The first-order valence-electron chi connectivity index (χ1n) is 8.97. The van der Waals surface area contributed by atoms with Crippen LogP contribution >= 0.6 is 0 Å². The Hall–Kier alpha value is -2.49. The zero-order chi connectivity index (χ0) is 20.4. The van der Waals surface area contributed by atoms with Crippen LogP contribution in [0.3, 0.4) is 0 Å². The molecule has 0 saturated carbocycles. The maximum absolute atomic E-state index is 12.3. The van der Waals surface area contributed by atoms with E-state index < -0.39 is 17.9 Å². The summed E-state index contributed by atoms with van der Waals surface area (Å²) in [5, 5.41) is 16.4. The van der Waals surface area contributed by atoms with E-state index in [9.17, 15) is 24.0 Å². The number of carbonyl (C=O) groups is 5. The van der Waals surface area contributed by atoms with Crippen molar-refractivity contribution in [3.63, 3.8) is 0 Å². The van der Waals surface area contributed by atoms with Crippen LogP contribution in [0, 0.1) is 5.92 Å². The van der Waals surface area contributed by atoms with E-state index in [1.165, 1.54) is 4.90 Å². The van der Waals surface area contributed by atoms with Gasteiger partial charge in [0.2, 0.25) is 23.6 Å². The minimum Gasteiger partial charge on any atom is -0.396 e. The molecule has 0 bridgehead atoms. The third kappa shape index (κ3) is 7.33. The molecule has 0 aromatic rings. The van der Waals surface area contributed by atoms with E-state index >= 15 is 0 Å². The Morgan fingerprint density at radius 2 is 1.96 bits per heavy atom. The van der Waals surface area contributed by atoms with Gasteiger partial charge in [-0.3, -0.25) is 19.2 Å². The van der Waals surface area contributed by atoms with E-state index in [-0.39, 0.29) is 62.9 Å². The van der Waals surface area contributed by atoms with Gasteiger partial charge in [-0.2, -0.15) is 0 Å². The van der Waals surface area contributed by atoms with Crippen molar-refractivity contribution in [3.05, 3.63) is 0 Å². The van der Waals surface area contributed by atoms with Crippen LogP contribution in [0.25, 0.3) is 0 Å². The van der Waals surface area contributed by atoms with Gasteiger partial charge in [-0.1, -0.05) is 13.8 Å². The van der Waals surface area contributed by atoms with Crippen molar-refractivity contribution >= 4 is 29.9 Å². The summed E-state index contributed by atoms with van der Waals surface area (Å²) in [5.41, 5.74) is 0. The van der Waals surface area contributed by atoms with E-state index in [0.29, 0.717) is 12.7 Å². The number of aliphatic hydroxyl groups is 1. The Morgan fingerprint density at radius 1 is 1.26 bits per heavy atom. The van der Waals surface area contributed by atoms with Gasteiger partial charge >= 0.3 is 0 Å². The molecule has 1 heterocycles. The molecule has 152 valence electrons. The number of carbonyl (C=O) groups excluding carboxylic acids is 5. The molecule has 4 amide bonds. The standard InChI is InChI=1S/C17H28N4O6/c1-11(2)16(17(27)18-6-8-23)20-14(25)10-21-12(3-4-15(21)26)9-19-13(24)5-7-22/h8,11-12,16,22H,3-7,9-10H2,1-2H3,(H,18,27)(H,19,24)(H,20,25). The van der Waals surface area contributed by atoms with Gasteiger partial charge in [0.15, 0.2) is 0 Å². The minimum absolute atomic E-state index is 0.0207. The van der Waals surface area contributed by atoms with Gasteiger partial charge in [0, 0.05) is 19.4 Å². The van der Waals surface area contributed by atoms with Crippen LogP contribution in [0.1, 0.15) is 33.1 Å². The highest BCUT2D eigenvalue weighted by Gasteiger charge is 2.33. The highest BCUT2D eigenvalue weighted by Crippen LogP contribution is 2.18. The average molecular weight is 384 g/mol. The third-order valence-electron chi connectivity index (χ3n) is 4.27. The van der Waals surface area contributed by atoms with E-state index in [1.54, 1.807) is 13.8 Å². The molecule has 0 aromatic heterocycles. The smallest absolute Gasteiger partial charge is 0.243 e. The van der Waals surface area contributed by atoms with Gasteiger partial charge in [0.25, 0.3) is 0 Å². The number of rotatable bonds is 11. The lowest BCUT2D eigenvalue weighted by Crippen LogP contribution is -2.53. The number of aldehydes is 1. The number of aliphatic hydroxyl groups excluding tert-OH is 1. The van der Waals surface area contributed by atoms with Crippen molar-refractivity contribution in [1.29, 1.82) is 0 Å². The Morgan fingerprint density at radius 3 is 2.56 bits per heavy atom. The molecule has 27 heavy (non-hydrogen) atoms. The fourth-order valence-corrected chi connectivity index (χ4v) is 2.81. The van der Waals surface area contributed by atoms with Crippen LogP contribution < -0.4 is 16.0 Å². The number of nitrogens with one attached hydrogen (secondary N) is 3. The molecule has 0 spiro atoms. The van der Waals surface area contributed by atoms with Crippen molar-refractivity contribution in [3.8, 4) is 0 Å². The lowest BCUT2D eigenvalue weighted by Gasteiger charge is -2.27. The first kappa shape index (κ1) is 22.6. The number of nitrogens with zero attached hydrogens (tertiary/aromatic N) is 1. The van der Waals surface area contributed by atoms with Gasteiger partial charge in [0.1, 0.15) is 12.3 Å². The third-order valence-corrected chi connectivity index (χ3v) is 4.27. The van der Waals surface area contributed by atoms with Crippen molar-refractivity contribution in [2.75, 3.05) is 26.2 Å². The number of likely N-dealkylation sites (tertiary alicyclic amines) is 1. The SMILES string of the molecule is CC(C)C(NC(=O)CN1C(=O)CCC1CNC(=O)CCO)C(=O)NCC=O. The normalized spacial score (nSPS) is 17.6. The summed E-state index contributed by atoms with van der Waals surface area (Å²) < 4.78 is 0. The summed E-state index contributed by atoms with van der Waals surface area (Å²) in [7, 11) is 0. The van der Waals surface area contributed by atoms with Crippen LogP contribution in [0.2, 0.25) is 0 Å². The average Bonchev–Trinajstić information content (AvgIpc) is 2.95. The van der Waals surface area contributed by atoms with E-state index in [2.05, 4.69) is 16.0 Å². The number of hydrogen-bond donors (Lipinski definition) is 4. The quantitative estimate of drug-likeness (QED) is 0.301. The van der Waals surface area contributed by atoms with Gasteiger partial charge in [-0.15, -0.1) is 0 Å². The molecule has 2 atom stereocenters. The zero-order valence-electron chi connectivity index (χ0n) is 15.7. The molecule has 1 fully saturated rings. The summed E-state index contributed by atoms with van der Waals surface area (Å²) >= 11 is 0. The Bertz CT molecular complexity index is 566. The minimum atomic E-state index is -0.821. The summed E-state index contributed by atoms with van der Waals surface area (Å²) in [6.07, 6.45) is 1.32. The molecule has 1 rings (SSSR count). The van der Waals surface area contributed by atoms with E-state index in [4.69, 9.17) is 5.11 Å². The summed E-state index contributed by atoms with van der Waals surface area (Å²) in [5.74, 6) is -1.68. The van der Waals surface area contributed by atoms with Crippen LogP contribution in [-0.4, -0.2) is 78.2 Å². The van der Waals surface area contributed by atoms with E-state index in [0.717, 1.165) is 0 Å². The molecule has 0 aliphatic carbocycles. The largest absolute Gasteiger partial charge is 0.396 e. The molecule has 10 heteroatoms. The molecule has 2 unspecified atom stereocenters. The first-order chi connectivity index (χ1) is 12.8. The van der Waals surface area contributed by atoms with Crippen molar-refractivity contribution in [2.45, 2.75) is 45.2 Å². The fraction of sp³-hybridized carbons (Fsp3) is 0.706. The fourth-order valence-electron chi connectivity index (χ4n) is 2.81. The second-order valence-corrected chi connectivity index (χ2v) is 6.69. The molecule has 10 nitrogen and oxygen atoms in total. The maximum Gasteiger partial charge on any atom is 0.243 e.